The molecule has 1 aliphatic heterocycles. The maximum Gasteiger partial charge on any atom is 0.194 e. The van der Waals surface area contributed by atoms with Crippen LogP contribution in [0.25, 0.3) is 10.9 Å². The van der Waals surface area contributed by atoms with E-state index >= 15 is 0 Å². The first-order chi connectivity index (χ1) is 12.2. The van der Waals surface area contributed by atoms with Crippen LogP contribution in [0.4, 0.5) is 0 Å². The zero-order valence-electron chi connectivity index (χ0n) is 14.4. The minimum atomic E-state index is 0.108. The van der Waals surface area contributed by atoms with Crippen LogP contribution in [0.2, 0.25) is 0 Å². The Morgan fingerprint density at radius 3 is 2.56 bits per heavy atom. The Morgan fingerprint density at radius 2 is 1.80 bits per heavy atom. The van der Waals surface area contributed by atoms with E-state index < -0.39 is 0 Å². The maximum absolute atomic E-state index is 13.0. The molecule has 0 spiro atoms. The number of pyridine rings is 1. The SMILES string of the molecule is Cc1[nH]c2ccc(Oc3ccccc3)cc2c(=O)c1CN1CCCC1. The molecule has 4 rings (SSSR count). The molecule has 0 bridgehead atoms. The lowest BCUT2D eigenvalue weighted by atomic mass is 10.1. The second kappa shape index (κ2) is 6.73. The second-order valence-electron chi connectivity index (χ2n) is 6.66. The third-order valence-corrected chi connectivity index (χ3v) is 4.84. The van der Waals surface area contributed by atoms with E-state index in [0.29, 0.717) is 11.1 Å². The van der Waals surface area contributed by atoms with Gasteiger partial charge in [0.25, 0.3) is 0 Å². The first-order valence-electron chi connectivity index (χ1n) is 8.81. The summed E-state index contributed by atoms with van der Waals surface area (Å²) in [7, 11) is 0. The Kier molecular flexibility index (Phi) is 4.28. The van der Waals surface area contributed by atoms with Crippen LogP contribution in [0.5, 0.6) is 11.5 Å². The van der Waals surface area contributed by atoms with E-state index in [2.05, 4.69) is 9.88 Å². The van der Waals surface area contributed by atoms with Crippen LogP contribution < -0.4 is 10.2 Å². The van der Waals surface area contributed by atoms with Crippen LogP contribution in [0.3, 0.4) is 0 Å². The molecule has 0 radical (unpaired) electrons. The van der Waals surface area contributed by atoms with Gasteiger partial charge in [-0.15, -0.1) is 0 Å². The van der Waals surface area contributed by atoms with Gasteiger partial charge in [0.05, 0.1) is 0 Å². The molecule has 128 valence electrons. The molecule has 25 heavy (non-hydrogen) atoms. The lowest BCUT2D eigenvalue weighted by Crippen LogP contribution is -2.24. The maximum atomic E-state index is 13.0. The van der Waals surface area contributed by atoms with Gasteiger partial charge in [0.15, 0.2) is 5.43 Å². The summed E-state index contributed by atoms with van der Waals surface area (Å²) in [5.74, 6) is 1.45. The molecule has 0 amide bonds. The number of fused-ring (bicyclic) bond motifs is 1. The van der Waals surface area contributed by atoms with Crippen molar-refractivity contribution in [1.29, 1.82) is 0 Å². The van der Waals surface area contributed by atoms with Crippen LogP contribution in [0.15, 0.2) is 53.3 Å². The topological polar surface area (TPSA) is 45.3 Å². The van der Waals surface area contributed by atoms with Crippen molar-refractivity contribution >= 4 is 10.9 Å². The quantitative estimate of drug-likeness (QED) is 0.777. The molecule has 1 N–H and O–H groups in total. The average Bonchev–Trinajstić information content (AvgIpc) is 3.13. The molecule has 1 fully saturated rings. The largest absolute Gasteiger partial charge is 0.457 e. The number of para-hydroxylation sites is 1. The monoisotopic (exact) mass is 334 g/mol. The highest BCUT2D eigenvalue weighted by Crippen LogP contribution is 2.24. The van der Waals surface area contributed by atoms with E-state index in [4.69, 9.17) is 4.74 Å². The van der Waals surface area contributed by atoms with Crippen molar-refractivity contribution in [3.63, 3.8) is 0 Å². The number of ether oxygens (including phenoxy) is 1. The summed E-state index contributed by atoms with van der Waals surface area (Å²) in [6.07, 6.45) is 2.44. The Hall–Kier alpha value is -2.59. The van der Waals surface area contributed by atoms with Crippen molar-refractivity contribution in [2.75, 3.05) is 13.1 Å². The van der Waals surface area contributed by atoms with E-state index in [-0.39, 0.29) is 5.43 Å². The fourth-order valence-electron chi connectivity index (χ4n) is 3.47. The van der Waals surface area contributed by atoms with E-state index in [1.54, 1.807) is 0 Å². The van der Waals surface area contributed by atoms with Crippen LogP contribution in [0.1, 0.15) is 24.1 Å². The van der Waals surface area contributed by atoms with Gasteiger partial charge in [-0.3, -0.25) is 9.69 Å². The van der Waals surface area contributed by atoms with Crippen molar-refractivity contribution in [3.8, 4) is 11.5 Å². The van der Waals surface area contributed by atoms with E-state index in [0.717, 1.165) is 42.2 Å². The van der Waals surface area contributed by atoms with Gasteiger partial charge in [0.2, 0.25) is 0 Å². The zero-order chi connectivity index (χ0) is 17.2. The molecule has 0 saturated carbocycles. The van der Waals surface area contributed by atoms with E-state index in [1.165, 1.54) is 12.8 Å². The number of nitrogens with zero attached hydrogens (tertiary/aromatic N) is 1. The highest BCUT2D eigenvalue weighted by molar-refractivity contribution is 5.81. The summed E-state index contributed by atoms with van der Waals surface area (Å²) >= 11 is 0. The lowest BCUT2D eigenvalue weighted by Gasteiger charge is -2.16. The minimum Gasteiger partial charge on any atom is -0.457 e. The summed E-state index contributed by atoms with van der Waals surface area (Å²) in [4.78, 5) is 18.8. The first-order valence-corrected chi connectivity index (χ1v) is 8.81. The van der Waals surface area contributed by atoms with Crippen molar-refractivity contribution in [1.82, 2.24) is 9.88 Å². The summed E-state index contributed by atoms with van der Waals surface area (Å²) < 4.78 is 5.88. The summed E-state index contributed by atoms with van der Waals surface area (Å²) in [5.41, 5.74) is 2.79. The highest BCUT2D eigenvalue weighted by Gasteiger charge is 2.17. The molecule has 1 aromatic heterocycles. The number of rotatable bonds is 4. The summed E-state index contributed by atoms with van der Waals surface area (Å²) in [5, 5.41) is 0.688. The van der Waals surface area contributed by atoms with Gasteiger partial charge in [0, 0.05) is 28.7 Å². The van der Waals surface area contributed by atoms with Gasteiger partial charge < -0.3 is 9.72 Å². The van der Waals surface area contributed by atoms with E-state index in [9.17, 15) is 4.79 Å². The molecule has 0 aliphatic carbocycles. The molecule has 0 unspecified atom stereocenters. The Balaban J connectivity index is 1.71. The number of likely N-dealkylation sites (tertiary alicyclic amines) is 1. The van der Waals surface area contributed by atoms with Crippen molar-refractivity contribution < 1.29 is 4.74 Å². The fourth-order valence-corrected chi connectivity index (χ4v) is 3.47. The van der Waals surface area contributed by atoms with Gasteiger partial charge in [-0.05, 0) is 63.2 Å². The average molecular weight is 334 g/mol. The standard InChI is InChI=1S/C21H22N2O2/c1-15-19(14-23-11-5-6-12-23)21(24)18-13-17(9-10-20(18)22-15)25-16-7-3-2-4-8-16/h2-4,7-10,13H,5-6,11-12,14H2,1H3,(H,22,24). The molecule has 0 atom stereocenters. The number of aromatic nitrogens is 1. The lowest BCUT2D eigenvalue weighted by molar-refractivity contribution is 0.329. The molecule has 1 aliphatic rings. The molecule has 2 heterocycles. The van der Waals surface area contributed by atoms with Crippen LogP contribution in [-0.4, -0.2) is 23.0 Å². The van der Waals surface area contributed by atoms with Gasteiger partial charge in [-0.2, -0.15) is 0 Å². The number of hydrogen-bond donors (Lipinski definition) is 1. The van der Waals surface area contributed by atoms with Crippen LogP contribution in [0, 0.1) is 6.92 Å². The minimum absolute atomic E-state index is 0.108. The predicted octanol–water partition coefficient (Wildman–Crippen LogP) is 4.22. The number of aryl methyl sites for hydroxylation is 1. The Labute approximate surface area is 147 Å². The fraction of sp³-hybridized carbons (Fsp3) is 0.286. The summed E-state index contributed by atoms with van der Waals surface area (Å²) in [6, 6.07) is 15.3. The van der Waals surface area contributed by atoms with Crippen LogP contribution >= 0.6 is 0 Å². The molecule has 3 aromatic rings. The third kappa shape index (κ3) is 3.30. The molecule has 2 aromatic carbocycles. The smallest absolute Gasteiger partial charge is 0.194 e. The second-order valence-corrected chi connectivity index (χ2v) is 6.66. The van der Waals surface area contributed by atoms with Crippen molar-refractivity contribution in [2.24, 2.45) is 0 Å². The molecular weight excluding hydrogens is 312 g/mol. The molecule has 4 heteroatoms. The Morgan fingerprint density at radius 1 is 1.04 bits per heavy atom. The molecule has 4 nitrogen and oxygen atoms in total. The Bertz CT molecular complexity index is 941. The van der Waals surface area contributed by atoms with Gasteiger partial charge >= 0.3 is 0 Å². The number of nitrogens with one attached hydrogen (secondary N) is 1. The number of H-pyrrole nitrogens is 1. The number of hydrogen-bond acceptors (Lipinski definition) is 3. The highest BCUT2D eigenvalue weighted by atomic mass is 16.5. The zero-order valence-corrected chi connectivity index (χ0v) is 14.4. The number of aromatic amines is 1. The summed E-state index contributed by atoms with van der Waals surface area (Å²) in [6.45, 7) is 4.86. The molecule has 1 saturated heterocycles. The van der Waals surface area contributed by atoms with Crippen LogP contribution in [-0.2, 0) is 6.54 Å². The molecular formula is C21H22N2O2. The normalized spacial score (nSPS) is 14.9. The van der Waals surface area contributed by atoms with Gasteiger partial charge in [0.1, 0.15) is 11.5 Å². The van der Waals surface area contributed by atoms with Gasteiger partial charge in [-0.25, -0.2) is 0 Å². The number of benzene rings is 2. The van der Waals surface area contributed by atoms with Gasteiger partial charge in [-0.1, -0.05) is 18.2 Å². The van der Waals surface area contributed by atoms with Crippen molar-refractivity contribution in [2.45, 2.75) is 26.3 Å². The first kappa shape index (κ1) is 15.9. The third-order valence-electron chi connectivity index (χ3n) is 4.84. The predicted molar refractivity (Wildman–Crippen MR) is 100 cm³/mol. The van der Waals surface area contributed by atoms with Crippen molar-refractivity contribution in [3.05, 3.63) is 70.0 Å². The van der Waals surface area contributed by atoms with E-state index in [1.807, 2.05) is 55.5 Å².